The van der Waals surface area contributed by atoms with E-state index in [1.54, 1.807) is 0 Å². The second kappa shape index (κ2) is 10.9. The maximum atomic E-state index is 2.36. The first-order chi connectivity index (χ1) is 22.8. The van der Waals surface area contributed by atoms with Crippen LogP contribution in [0.2, 0.25) is 0 Å². The molecule has 9 aromatic rings. The molecule has 0 aliphatic carbocycles. The normalized spacial score (nSPS) is 11.5. The molecule has 0 bridgehead atoms. The summed E-state index contributed by atoms with van der Waals surface area (Å²) >= 11 is 0. The SMILES string of the molecule is c1ccc(-c2ccccc2-c2ccc3c(ccc4ccccc43)c2-c2ccc3ccccc3c2-c2cccc3ccccc23)cc1. The van der Waals surface area contributed by atoms with Crippen LogP contribution in [-0.4, -0.2) is 0 Å². The average Bonchev–Trinajstić information content (AvgIpc) is 3.14. The molecule has 0 saturated carbocycles. The van der Waals surface area contributed by atoms with Crippen LogP contribution in [0.15, 0.2) is 182 Å². The van der Waals surface area contributed by atoms with Gasteiger partial charge in [0.2, 0.25) is 0 Å². The van der Waals surface area contributed by atoms with Crippen molar-refractivity contribution in [3.8, 4) is 44.5 Å². The van der Waals surface area contributed by atoms with E-state index in [4.69, 9.17) is 0 Å². The summed E-state index contributed by atoms with van der Waals surface area (Å²) in [6.07, 6.45) is 0. The Bertz CT molecular complexity index is 2570. The third-order valence-corrected chi connectivity index (χ3v) is 9.49. The highest BCUT2D eigenvalue weighted by Gasteiger charge is 2.21. The van der Waals surface area contributed by atoms with Crippen LogP contribution >= 0.6 is 0 Å². The van der Waals surface area contributed by atoms with Gasteiger partial charge in [0.15, 0.2) is 0 Å². The van der Waals surface area contributed by atoms with Gasteiger partial charge in [0.05, 0.1) is 0 Å². The Labute approximate surface area is 268 Å². The molecule has 0 atom stereocenters. The summed E-state index contributed by atoms with van der Waals surface area (Å²) in [7, 11) is 0. The fourth-order valence-corrected chi connectivity index (χ4v) is 7.40. The number of benzene rings is 9. The second-order valence-corrected chi connectivity index (χ2v) is 12.0. The first-order valence-electron chi connectivity index (χ1n) is 15.9. The van der Waals surface area contributed by atoms with Gasteiger partial charge in [0.1, 0.15) is 0 Å². The van der Waals surface area contributed by atoms with Crippen molar-refractivity contribution in [2.75, 3.05) is 0 Å². The molecular formula is C46H30. The van der Waals surface area contributed by atoms with E-state index in [-0.39, 0.29) is 0 Å². The third kappa shape index (κ3) is 4.23. The van der Waals surface area contributed by atoms with Crippen LogP contribution in [0, 0.1) is 0 Å². The number of hydrogen-bond acceptors (Lipinski definition) is 0. The Morgan fingerprint density at radius 2 is 0.696 bits per heavy atom. The maximum Gasteiger partial charge on any atom is -0.00199 e. The lowest BCUT2D eigenvalue weighted by Gasteiger charge is -2.22. The predicted molar refractivity (Wildman–Crippen MR) is 198 cm³/mol. The van der Waals surface area contributed by atoms with Crippen molar-refractivity contribution < 1.29 is 0 Å². The predicted octanol–water partition coefficient (Wildman–Crippen LogP) is 13.0. The molecule has 9 aromatic carbocycles. The zero-order valence-corrected chi connectivity index (χ0v) is 25.3. The van der Waals surface area contributed by atoms with Crippen LogP contribution in [0.3, 0.4) is 0 Å². The maximum absolute atomic E-state index is 2.36. The fourth-order valence-electron chi connectivity index (χ4n) is 7.40. The second-order valence-electron chi connectivity index (χ2n) is 12.0. The van der Waals surface area contributed by atoms with Crippen LogP contribution in [0.1, 0.15) is 0 Å². The van der Waals surface area contributed by atoms with Gasteiger partial charge in [-0.25, -0.2) is 0 Å². The zero-order valence-electron chi connectivity index (χ0n) is 25.3. The Kier molecular flexibility index (Phi) is 6.25. The van der Waals surface area contributed by atoms with E-state index in [9.17, 15) is 0 Å². The average molecular weight is 583 g/mol. The van der Waals surface area contributed by atoms with Crippen LogP contribution in [-0.2, 0) is 0 Å². The highest BCUT2D eigenvalue weighted by atomic mass is 14.2. The quantitative estimate of drug-likeness (QED) is 0.181. The van der Waals surface area contributed by atoms with Gasteiger partial charge < -0.3 is 0 Å². The smallest absolute Gasteiger partial charge is 0.00199 e. The summed E-state index contributed by atoms with van der Waals surface area (Å²) in [4.78, 5) is 0. The lowest BCUT2D eigenvalue weighted by Crippen LogP contribution is -1.95. The van der Waals surface area contributed by atoms with Gasteiger partial charge in [-0.2, -0.15) is 0 Å². The summed E-state index contributed by atoms with van der Waals surface area (Å²) in [5, 5.41) is 10.1. The lowest BCUT2D eigenvalue weighted by atomic mass is 9.81. The molecule has 0 heterocycles. The standard InChI is InChI=1S/C46H30/c1-2-13-31(14-3-1)35-20-10-11-23-39(35)43-30-29-40-36-19-7-5-16-33(36)25-27-42(40)46(43)44-28-26-34-17-6-9-22-38(34)45(44)41-24-12-18-32-15-4-8-21-37(32)41/h1-30H. The molecule has 0 nitrogen and oxygen atoms in total. The summed E-state index contributed by atoms with van der Waals surface area (Å²) in [6.45, 7) is 0. The number of fused-ring (bicyclic) bond motifs is 5. The van der Waals surface area contributed by atoms with Crippen LogP contribution < -0.4 is 0 Å². The molecule has 0 saturated heterocycles. The van der Waals surface area contributed by atoms with E-state index in [1.807, 2.05) is 0 Å². The van der Waals surface area contributed by atoms with Gasteiger partial charge >= 0.3 is 0 Å². The molecule has 0 spiro atoms. The van der Waals surface area contributed by atoms with Crippen molar-refractivity contribution in [2.24, 2.45) is 0 Å². The zero-order chi connectivity index (χ0) is 30.5. The molecule has 0 radical (unpaired) electrons. The van der Waals surface area contributed by atoms with Gasteiger partial charge in [0.25, 0.3) is 0 Å². The van der Waals surface area contributed by atoms with Gasteiger partial charge in [-0.3, -0.25) is 0 Å². The topological polar surface area (TPSA) is 0 Å². The van der Waals surface area contributed by atoms with E-state index < -0.39 is 0 Å². The van der Waals surface area contributed by atoms with Crippen LogP contribution in [0.25, 0.3) is 87.6 Å². The van der Waals surface area contributed by atoms with Gasteiger partial charge in [-0.1, -0.05) is 182 Å². The lowest BCUT2D eigenvalue weighted by molar-refractivity contribution is 1.58. The van der Waals surface area contributed by atoms with E-state index >= 15 is 0 Å². The number of hydrogen-bond donors (Lipinski definition) is 0. The minimum Gasteiger partial charge on any atom is -0.0622 e. The molecule has 46 heavy (non-hydrogen) atoms. The third-order valence-electron chi connectivity index (χ3n) is 9.49. The molecule has 0 unspecified atom stereocenters. The monoisotopic (exact) mass is 582 g/mol. The Morgan fingerprint density at radius 1 is 0.196 bits per heavy atom. The molecule has 214 valence electrons. The van der Waals surface area contributed by atoms with Crippen molar-refractivity contribution in [3.63, 3.8) is 0 Å². The molecule has 0 aromatic heterocycles. The Balaban J connectivity index is 1.47. The van der Waals surface area contributed by atoms with Gasteiger partial charge in [-0.15, -0.1) is 0 Å². The fraction of sp³-hybridized carbons (Fsp3) is 0. The molecule has 9 rings (SSSR count). The van der Waals surface area contributed by atoms with Crippen molar-refractivity contribution >= 4 is 43.1 Å². The molecule has 0 amide bonds. The van der Waals surface area contributed by atoms with Crippen molar-refractivity contribution in [1.82, 2.24) is 0 Å². The Hall–Kier alpha value is -5.98. The van der Waals surface area contributed by atoms with Crippen LogP contribution in [0.4, 0.5) is 0 Å². The molecule has 0 aliphatic heterocycles. The highest BCUT2D eigenvalue weighted by molar-refractivity contribution is 6.20. The van der Waals surface area contributed by atoms with Gasteiger partial charge in [0, 0.05) is 0 Å². The first-order valence-corrected chi connectivity index (χ1v) is 15.9. The molecule has 0 N–H and O–H groups in total. The first kappa shape index (κ1) is 26.4. The van der Waals surface area contributed by atoms with E-state index in [0.29, 0.717) is 0 Å². The summed E-state index contributed by atoms with van der Waals surface area (Å²) < 4.78 is 0. The summed E-state index contributed by atoms with van der Waals surface area (Å²) in [6, 6.07) is 66.6. The van der Waals surface area contributed by atoms with E-state index in [2.05, 4.69) is 182 Å². The van der Waals surface area contributed by atoms with Crippen molar-refractivity contribution in [2.45, 2.75) is 0 Å². The molecule has 0 fully saturated rings. The van der Waals surface area contributed by atoms with Crippen molar-refractivity contribution in [3.05, 3.63) is 182 Å². The summed E-state index contributed by atoms with van der Waals surface area (Å²) in [5.74, 6) is 0. The van der Waals surface area contributed by atoms with E-state index in [1.165, 1.54) is 87.6 Å². The number of rotatable bonds is 4. The molecule has 0 aliphatic rings. The Morgan fingerprint density at radius 3 is 1.50 bits per heavy atom. The largest absolute Gasteiger partial charge is 0.0622 e. The van der Waals surface area contributed by atoms with Gasteiger partial charge in [-0.05, 0) is 87.6 Å². The minimum absolute atomic E-state index is 1.22. The summed E-state index contributed by atoms with van der Waals surface area (Å²) in [5.41, 5.74) is 9.95. The molecular weight excluding hydrogens is 553 g/mol. The molecule has 0 heteroatoms. The van der Waals surface area contributed by atoms with Crippen LogP contribution in [0.5, 0.6) is 0 Å². The van der Waals surface area contributed by atoms with E-state index in [0.717, 1.165) is 0 Å². The highest BCUT2D eigenvalue weighted by Crippen LogP contribution is 2.48. The minimum atomic E-state index is 1.22. The van der Waals surface area contributed by atoms with Crippen molar-refractivity contribution in [1.29, 1.82) is 0 Å².